The molecule has 0 fully saturated rings. The summed E-state index contributed by atoms with van der Waals surface area (Å²) >= 11 is 0.891. The van der Waals surface area contributed by atoms with Crippen molar-refractivity contribution < 1.29 is 18.3 Å². The molecule has 0 saturated heterocycles. The van der Waals surface area contributed by atoms with Gasteiger partial charge in [-0.3, -0.25) is 0 Å². The van der Waals surface area contributed by atoms with E-state index >= 15 is 0 Å². The molecule has 0 aliphatic heterocycles. The van der Waals surface area contributed by atoms with Crippen molar-refractivity contribution in [2.45, 2.75) is 24.8 Å². The van der Waals surface area contributed by atoms with Gasteiger partial charge in [0, 0.05) is 11.4 Å². The van der Waals surface area contributed by atoms with E-state index in [4.69, 9.17) is 5.11 Å². The number of aromatic carboxylic acids is 1. The first kappa shape index (κ1) is 15.7. The van der Waals surface area contributed by atoms with Crippen LogP contribution in [0.1, 0.15) is 33.8 Å². The van der Waals surface area contributed by atoms with Crippen molar-refractivity contribution in [1.29, 1.82) is 0 Å². The Balaban J connectivity index is 2.20. The van der Waals surface area contributed by atoms with Crippen LogP contribution < -0.4 is 4.72 Å². The summed E-state index contributed by atoms with van der Waals surface area (Å²) in [5, 5.41) is 10.2. The molecular weight excluding hydrogens is 310 g/mol. The first-order chi connectivity index (χ1) is 9.79. The molecule has 2 aromatic rings. The highest BCUT2D eigenvalue weighted by Crippen LogP contribution is 2.22. The van der Waals surface area contributed by atoms with Crippen molar-refractivity contribution in [2.24, 2.45) is 0 Å². The largest absolute Gasteiger partial charge is 0.477 e. The number of hydrogen-bond donors (Lipinski definition) is 2. The third-order valence-corrected chi connectivity index (χ3v) is 5.59. The van der Waals surface area contributed by atoms with Crippen LogP contribution in [0, 0.1) is 6.92 Å². The number of thiophene rings is 1. The molecule has 5 nitrogen and oxygen atoms in total. The number of rotatable bonds is 5. The Labute approximate surface area is 127 Å². The van der Waals surface area contributed by atoms with Gasteiger partial charge in [-0.25, -0.2) is 17.9 Å². The van der Waals surface area contributed by atoms with Gasteiger partial charge in [-0.05, 0) is 25.5 Å². The Morgan fingerprint density at radius 3 is 2.43 bits per heavy atom. The molecule has 0 aliphatic rings. The van der Waals surface area contributed by atoms with Crippen molar-refractivity contribution in [1.82, 2.24) is 4.72 Å². The minimum Gasteiger partial charge on any atom is -0.477 e. The number of carbonyl (C=O) groups is 1. The molecule has 1 aromatic heterocycles. The highest BCUT2D eigenvalue weighted by atomic mass is 32.2. The highest BCUT2D eigenvalue weighted by molar-refractivity contribution is 7.89. The Bertz CT molecular complexity index is 748. The molecule has 21 heavy (non-hydrogen) atoms. The van der Waals surface area contributed by atoms with E-state index in [1.807, 2.05) is 31.2 Å². The van der Waals surface area contributed by atoms with Crippen LogP contribution in [-0.2, 0) is 10.0 Å². The lowest BCUT2D eigenvalue weighted by molar-refractivity contribution is 0.0702. The topological polar surface area (TPSA) is 83.5 Å². The van der Waals surface area contributed by atoms with Crippen molar-refractivity contribution in [2.75, 3.05) is 0 Å². The summed E-state index contributed by atoms with van der Waals surface area (Å²) in [6.07, 6.45) is 0. The predicted molar refractivity (Wildman–Crippen MR) is 81.2 cm³/mol. The van der Waals surface area contributed by atoms with Gasteiger partial charge in [-0.2, -0.15) is 0 Å². The van der Waals surface area contributed by atoms with E-state index in [9.17, 15) is 13.2 Å². The van der Waals surface area contributed by atoms with Crippen LogP contribution in [0.15, 0.2) is 40.6 Å². The van der Waals surface area contributed by atoms with Crippen LogP contribution in [0.25, 0.3) is 0 Å². The van der Waals surface area contributed by atoms with Crippen LogP contribution in [0.4, 0.5) is 0 Å². The van der Waals surface area contributed by atoms with E-state index in [0.717, 1.165) is 28.5 Å². The van der Waals surface area contributed by atoms with Crippen LogP contribution >= 0.6 is 11.3 Å². The van der Waals surface area contributed by atoms with E-state index in [-0.39, 0.29) is 9.77 Å². The molecule has 0 spiro atoms. The number of carboxylic acid groups (broad SMARTS) is 1. The van der Waals surface area contributed by atoms with Crippen LogP contribution in [0.3, 0.4) is 0 Å². The molecule has 2 rings (SSSR count). The second-order valence-electron chi connectivity index (χ2n) is 4.71. The zero-order valence-corrected chi connectivity index (χ0v) is 13.2. The Morgan fingerprint density at radius 1 is 1.29 bits per heavy atom. The van der Waals surface area contributed by atoms with Gasteiger partial charge in [0.1, 0.15) is 4.88 Å². The summed E-state index contributed by atoms with van der Waals surface area (Å²) in [6.45, 7) is 3.70. The lowest BCUT2D eigenvalue weighted by Crippen LogP contribution is -2.26. The molecule has 7 heteroatoms. The lowest BCUT2D eigenvalue weighted by Gasteiger charge is -2.14. The average molecular weight is 325 g/mol. The summed E-state index contributed by atoms with van der Waals surface area (Å²) in [5.41, 5.74) is 1.94. The van der Waals surface area contributed by atoms with E-state index in [0.29, 0.717) is 0 Å². The maximum Gasteiger partial charge on any atom is 0.345 e. The fourth-order valence-electron chi connectivity index (χ4n) is 1.80. The number of hydrogen-bond acceptors (Lipinski definition) is 4. The summed E-state index contributed by atoms with van der Waals surface area (Å²) in [4.78, 5) is 10.8. The van der Waals surface area contributed by atoms with Gasteiger partial charge in [0.25, 0.3) is 0 Å². The van der Waals surface area contributed by atoms with Crippen LogP contribution in [0.2, 0.25) is 0 Å². The maximum absolute atomic E-state index is 12.2. The molecular formula is C14H15NO4S2. The number of aryl methyl sites for hydroxylation is 1. The predicted octanol–water partition coefficient (Wildman–Crippen LogP) is 2.79. The van der Waals surface area contributed by atoms with Crippen molar-refractivity contribution in [3.63, 3.8) is 0 Å². The molecule has 0 saturated carbocycles. The smallest absolute Gasteiger partial charge is 0.345 e. The lowest BCUT2D eigenvalue weighted by atomic mass is 10.1. The third-order valence-electron chi connectivity index (χ3n) is 3.01. The molecule has 0 aliphatic carbocycles. The minimum atomic E-state index is -3.73. The molecule has 1 heterocycles. The standard InChI is InChI=1S/C14H15NO4S2/c1-9-3-5-11(6-4-9)10(2)15-21(18,19)12-7-13(14(16)17)20-8-12/h3-8,10,15H,1-2H3,(H,16,17). The first-order valence-electron chi connectivity index (χ1n) is 6.20. The van der Waals surface area contributed by atoms with Crippen molar-refractivity contribution in [3.8, 4) is 0 Å². The van der Waals surface area contributed by atoms with Crippen molar-refractivity contribution >= 4 is 27.3 Å². The van der Waals surface area contributed by atoms with Gasteiger partial charge in [0.15, 0.2) is 0 Å². The molecule has 2 N–H and O–H groups in total. The third kappa shape index (κ3) is 3.69. The van der Waals surface area contributed by atoms with E-state index in [1.165, 1.54) is 5.38 Å². The minimum absolute atomic E-state index is 0.00151. The fourth-order valence-corrected chi connectivity index (χ4v) is 4.14. The van der Waals surface area contributed by atoms with E-state index in [2.05, 4.69) is 4.72 Å². The summed E-state index contributed by atoms with van der Waals surface area (Å²) in [5.74, 6) is -1.13. The average Bonchev–Trinajstić information content (AvgIpc) is 2.89. The number of nitrogens with one attached hydrogen (secondary N) is 1. The number of sulfonamides is 1. The summed E-state index contributed by atoms with van der Waals surface area (Å²) < 4.78 is 27.0. The molecule has 1 unspecified atom stereocenters. The zero-order valence-electron chi connectivity index (χ0n) is 11.5. The van der Waals surface area contributed by atoms with E-state index in [1.54, 1.807) is 6.92 Å². The molecule has 0 bridgehead atoms. The SMILES string of the molecule is Cc1ccc(C(C)NS(=O)(=O)c2csc(C(=O)O)c2)cc1. The highest BCUT2D eigenvalue weighted by Gasteiger charge is 2.21. The fraction of sp³-hybridized carbons (Fsp3) is 0.214. The molecule has 1 aromatic carbocycles. The molecule has 1 atom stereocenters. The Hall–Kier alpha value is -1.70. The monoisotopic (exact) mass is 325 g/mol. The van der Waals surface area contributed by atoms with Gasteiger partial charge in [0.05, 0.1) is 4.90 Å². The second-order valence-corrected chi connectivity index (χ2v) is 7.33. The van der Waals surface area contributed by atoms with Crippen molar-refractivity contribution in [3.05, 3.63) is 51.7 Å². The molecule has 0 amide bonds. The van der Waals surface area contributed by atoms with Gasteiger partial charge in [-0.15, -0.1) is 11.3 Å². The molecule has 0 radical (unpaired) electrons. The van der Waals surface area contributed by atoms with Gasteiger partial charge in [-0.1, -0.05) is 29.8 Å². The van der Waals surface area contributed by atoms with Crippen LogP contribution in [-0.4, -0.2) is 19.5 Å². The summed E-state index contributed by atoms with van der Waals surface area (Å²) in [6, 6.07) is 8.30. The molecule has 112 valence electrons. The maximum atomic E-state index is 12.2. The number of carboxylic acids is 1. The Kier molecular flexibility index (Phi) is 4.46. The Morgan fingerprint density at radius 2 is 1.90 bits per heavy atom. The van der Waals surface area contributed by atoms with Gasteiger partial charge < -0.3 is 5.11 Å². The van der Waals surface area contributed by atoms with Gasteiger partial charge in [0.2, 0.25) is 10.0 Å². The number of benzene rings is 1. The van der Waals surface area contributed by atoms with Gasteiger partial charge >= 0.3 is 5.97 Å². The summed E-state index contributed by atoms with van der Waals surface area (Å²) in [7, 11) is -3.73. The zero-order chi connectivity index (χ0) is 15.6. The second kappa shape index (κ2) is 5.97. The van der Waals surface area contributed by atoms with Crippen LogP contribution in [0.5, 0.6) is 0 Å². The first-order valence-corrected chi connectivity index (χ1v) is 8.56. The normalized spacial score (nSPS) is 13.0. The quantitative estimate of drug-likeness (QED) is 0.885. The van der Waals surface area contributed by atoms with E-state index < -0.39 is 22.0 Å².